The van der Waals surface area contributed by atoms with Crippen molar-refractivity contribution in [1.29, 1.82) is 0 Å². The average Bonchev–Trinajstić information content (AvgIpc) is 3.30. The van der Waals surface area contributed by atoms with Crippen LogP contribution >= 0.6 is 0 Å². The van der Waals surface area contributed by atoms with Gasteiger partial charge in [0.1, 0.15) is 16.4 Å². The molecular formula is C15H20N2O5S. The summed E-state index contributed by atoms with van der Waals surface area (Å²) in [6.07, 6.45) is 2.21. The lowest BCUT2D eigenvalue weighted by Gasteiger charge is -2.17. The van der Waals surface area contributed by atoms with Crippen molar-refractivity contribution in [3.63, 3.8) is 0 Å². The normalized spacial score (nSPS) is 21.6. The Kier molecular flexibility index (Phi) is 4.20. The quantitative estimate of drug-likeness (QED) is 0.826. The van der Waals surface area contributed by atoms with Gasteiger partial charge in [0.2, 0.25) is 15.9 Å². The van der Waals surface area contributed by atoms with Crippen molar-refractivity contribution < 1.29 is 22.7 Å². The minimum absolute atomic E-state index is 0.0108. The molecule has 1 aliphatic heterocycles. The summed E-state index contributed by atoms with van der Waals surface area (Å²) in [7, 11) is -0.927. The van der Waals surface area contributed by atoms with E-state index < -0.39 is 16.1 Å². The van der Waals surface area contributed by atoms with Gasteiger partial charge in [-0.05, 0) is 25.0 Å². The van der Waals surface area contributed by atoms with Crippen LogP contribution in [0.15, 0.2) is 23.1 Å². The zero-order chi connectivity index (χ0) is 16.6. The highest BCUT2D eigenvalue weighted by Gasteiger charge is 2.40. The first-order valence-electron chi connectivity index (χ1n) is 7.48. The Morgan fingerprint density at radius 1 is 1.22 bits per heavy atom. The number of carbonyl (C=O) groups excluding carboxylic acids is 1. The third kappa shape index (κ3) is 3.28. The Morgan fingerprint density at radius 2 is 1.96 bits per heavy atom. The lowest BCUT2D eigenvalue weighted by atomic mass is 10.3. The number of carbonyl (C=O) groups is 1. The number of benzene rings is 1. The van der Waals surface area contributed by atoms with Crippen molar-refractivity contribution in [2.45, 2.75) is 36.2 Å². The molecule has 0 bridgehead atoms. The second kappa shape index (κ2) is 6.01. The molecule has 1 atom stereocenters. The molecule has 1 saturated carbocycles. The van der Waals surface area contributed by atoms with E-state index in [9.17, 15) is 13.2 Å². The number of amides is 1. The molecule has 8 heteroatoms. The maximum Gasteiger partial charge on any atom is 0.244 e. The highest BCUT2D eigenvalue weighted by atomic mass is 32.2. The molecule has 1 unspecified atom stereocenters. The van der Waals surface area contributed by atoms with Crippen LogP contribution in [0.2, 0.25) is 0 Å². The first-order valence-corrected chi connectivity index (χ1v) is 8.96. The van der Waals surface area contributed by atoms with Gasteiger partial charge in [-0.1, -0.05) is 0 Å². The zero-order valence-corrected chi connectivity index (χ0v) is 13.9. The van der Waals surface area contributed by atoms with Gasteiger partial charge >= 0.3 is 0 Å². The summed E-state index contributed by atoms with van der Waals surface area (Å²) in [6, 6.07) is 4.47. The highest BCUT2D eigenvalue weighted by Crippen LogP contribution is 2.32. The van der Waals surface area contributed by atoms with Gasteiger partial charge in [-0.25, -0.2) is 13.1 Å². The fraction of sp³-hybridized carbons (Fsp3) is 0.533. The summed E-state index contributed by atoms with van der Waals surface area (Å²) in [5.41, 5.74) is 0. The summed E-state index contributed by atoms with van der Waals surface area (Å²) < 4.78 is 38.1. The largest absolute Gasteiger partial charge is 0.497 e. The molecule has 3 rings (SSSR count). The van der Waals surface area contributed by atoms with Crippen molar-refractivity contribution in [2.75, 3.05) is 20.8 Å². The van der Waals surface area contributed by atoms with Crippen molar-refractivity contribution in [3.8, 4) is 11.5 Å². The Morgan fingerprint density at radius 3 is 2.57 bits per heavy atom. The van der Waals surface area contributed by atoms with E-state index in [-0.39, 0.29) is 23.0 Å². The molecule has 0 radical (unpaired) electrons. The van der Waals surface area contributed by atoms with Crippen molar-refractivity contribution in [1.82, 2.24) is 9.62 Å². The third-order valence-corrected chi connectivity index (χ3v) is 5.67. The van der Waals surface area contributed by atoms with E-state index in [0.717, 1.165) is 12.8 Å². The monoisotopic (exact) mass is 340 g/mol. The molecule has 1 heterocycles. The molecule has 1 aliphatic carbocycles. The Labute approximate surface area is 135 Å². The molecular weight excluding hydrogens is 320 g/mol. The molecule has 1 N–H and O–H groups in total. The van der Waals surface area contributed by atoms with Gasteiger partial charge in [0, 0.05) is 31.1 Å². The summed E-state index contributed by atoms with van der Waals surface area (Å²) in [4.78, 5) is 13.7. The van der Waals surface area contributed by atoms with Crippen molar-refractivity contribution in [2.24, 2.45) is 0 Å². The van der Waals surface area contributed by atoms with Crippen LogP contribution in [0.5, 0.6) is 11.5 Å². The lowest BCUT2D eigenvalue weighted by molar-refractivity contribution is -0.128. The molecule has 126 valence electrons. The van der Waals surface area contributed by atoms with Gasteiger partial charge in [-0.15, -0.1) is 0 Å². The minimum atomic E-state index is -3.81. The number of hydrogen-bond acceptors (Lipinski definition) is 5. The standard InChI is InChI=1S/C15H20N2O5S/c1-21-12-5-6-13(22-2)14(8-12)23(19,20)16-10-7-15(18)17(9-10)11-3-4-11/h5-6,8,10-11,16H,3-4,7,9H2,1-2H3. The fourth-order valence-electron chi connectivity index (χ4n) is 2.83. The van der Waals surface area contributed by atoms with Gasteiger partial charge in [0.15, 0.2) is 0 Å². The number of hydrogen-bond donors (Lipinski definition) is 1. The molecule has 0 aromatic heterocycles. The molecule has 7 nitrogen and oxygen atoms in total. The number of rotatable bonds is 6. The SMILES string of the molecule is COc1ccc(OC)c(S(=O)(=O)NC2CC(=O)N(C3CC3)C2)c1. The van der Waals surface area contributed by atoms with Crippen LogP contribution in [-0.4, -0.2) is 52.1 Å². The summed E-state index contributed by atoms with van der Waals surface area (Å²) in [5.74, 6) is 0.674. The van der Waals surface area contributed by atoms with Gasteiger partial charge < -0.3 is 14.4 Å². The number of nitrogens with one attached hydrogen (secondary N) is 1. The first-order chi connectivity index (χ1) is 10.9. The minimum Gasteiger partial charge on any atom is -0.497 e. The summed E-state index contributed by atoms with van der Waals surface area (Å²) in [6.45, 7) is 0.426. The van der Waals surface area contributed by atoms with Gasteiger partial charge in [-0.2, -0.15) is 0 Å². The molecule has 2 fully saturated rings. The molecule has 1 amide bonds. The van der Waals surface area contributed by atoms with Crippen molar-refractivity contribution in [3.05, 3.63) is 18.2 Å². The number of ether oxygens (including phenoxy) is 2. The predicted octanol–water partition coefficient (Wildman–Crippen LogP) is 0.745. The molecule has 1 aromatic carbocycles. The van der Waals surface area contributed by atoms with Crippen LogP contribution in [0, 0.1) is 0 Å². The van der Waals surface area contributed by atoms with Gasteiger partial charge in [0.25, 0.3) is 0 Å². The second-order valence-electron chi connectivity index (χ2n) is 5.82. The fourth-order valence-corrected chi connectivity index (χ4v) is 4.24. The van der Waals surface area contributed by atoms with Crippen LogP contribution in [0.25, 0.3) is 0 Å². The van der Waals surface area contributed by atoms with Crippen LogP contribution in [0.4, 0.5) is 0 Å². The van der Waals surface area contributed by atoms with E-state index in [2.05, 4.69) is 4.72 Å². The average molecular weight is 340 g/mol. The van der Waals surface area contributed by atoms with Gasteiger partial charge in [-0.3, -0.25) is 4.79 Å². The Balaban J connectivity index is 1.80. The van der Waals surface area contributed by atoms with E-state index in [0.29, 0.717) is 18.3 Å². The molecule has 1 saturated heterocycles. The van der Waals surface area contributed by atoms with Crippen LogP contribution in [0.1, 0.15) is 19.3 Å². The Hall–Kier alpha value is -1.80. The second-order valence-corrected chi connectivity index (χ2v) is 7.50. The van der Waals surface area contributed by atoms with Crippen LogP contribution in [0.3, 0.4) is 0 Å². The van der Waals surface area contributed by atoms with Crippen molar-refractivity contribution >= 4 is 15.9 Å². The third-order valence-electron chi connectivity index (χ3n) is 4.13. The number of likely N-dealkylation sites (tertiary alicyclic amines) is 1. The van der Waals surface area contributed by atoms with E-state index >= 15 is 0 Å². The Bertz CT molecular complexity index is 715. The predicted molar refractivity (Wildman–Crippen MR) is 83.0 cm³/mol. The molecule has 1 aromatic rings. The smallest absolute Gasteiger partial charge is 0.244 e. The maximum atomic E-state index is 12.7. The first kappa shape index (κ1) is 16.1. The number of methoxy groups -OCH3 is 2. The summed E-state index contributed by atoms with van der Waals surface area (Å²) >= 11 is 0. The lowest BCUT2D eigenvalue weighted by Crippen LogP contribution is -2.37. The van der Waals surface area contributed by atoms with Crippen LogP contribution < -0.4 is 14.2 Å². The summed E-state index contributed by atoms with van der Waals surface area (Å²) in [5, 5.41) is 0. The molecule has 23 heavy (non-hydrogen) atoms. The van der Waals surface area contributed by atoms with E-state index in [1.165, 1.54) is 20.3 Å². The zero-order valence-electron chi connectivity index (χ0n) is 13.1. The molecule has 0 spiro atoms. The van der Waals surface area contributed by atoms with E-state index in [1.807, 2.05) is 0 Å². The van der Waals surface area contributed by atoms with Gasteiger partial charge in [0.05, 0.1) is 14.2 Å². The van der Waals surface area contributed by atoms with Crippen LogP contribution in [-0.2, 0) is 14.8 Å². The maximum absolute atomic E-state index is 12.7. The topological polar surface area (TPSA) is 84.9 Å². The van der Waals surface area contributed by atoms with E-state index in [1.54, 1.807) is 17.0 Å². The van der Waals surface area contributed by atoms with E-state index in [4.69, 9.17) is 9.47 Å². The highest BCUT2D eigenvalue weighted by molar-refractivity contribution is 7.89. The number of sulfonamides is 1. The number of nitrogens with zero attached hydrogens (tertiary/aromatic N) is 1. The molecule has 2 aliphatic rings.